The minimum Gasteiger partial charge on any atom is -0.367 e. The van der Waals surface area contributed by atoms with Crippen LogP contribution >= 0.6 is 11.6 Å². The zero-order chi connectivity index (χ0) is 14.9. The SMILES string of the molecule is Clc1cc2c(c([C@@H]3CCCN3)c1)CN(c1ccncc1)CC2. The van der Waals surface area contributed by atoms with Crippen molar-refractivity contribution in [1.82, 2.24) is 10.3 Å². The van der Waals surface area contributed by atoms with Crippen LogP contribution in [0.4, 0.5) is 5.69 Å². The molecule has 1 atom stereocenters. The summed E-state index contributed by atoms with van der Waals surface area (Å²) in [6.07, 6.45) is 7.25. The van der Waals surface area contributed by atoms with Crippen molar-refractivity contribution in [3.8, 4) is 0 Å². The summed E-state index contributed by atoms with van der Waals surface area (Å²) in [4.78, 5) is 6.56. The van der Waals surface area contributed by atoms with Crippen LogP contribution in [-0.2, 0) is 13.0 Å². The molecule has 4 rings (SSSR count). The summed E-state index contributed by atoms with van der Waals surface area (Å²) in [5.41, 5.74) is 5.54. The average molecular weight is 314 g/mol. The first-order valence-electron chi connectivity index (χ1n) is 8.01. The molecule has 3 heterocycles. The Balaban J connectivity index is 1.70. The predicted molar refractivity (Wildman–Crippen MR) is 90.4 cm³/mol. The maximum atomic E-state index is 6.36. The van der Waals surface area contributed by atoms with Gasteiger partial charge in [0, 0.05) is 42.2 Å². The summed E-state index contributed by atoms with van der Waals surface area (Å²) in [7, 11) is 0. The molecule has 3 nitrogen and oxygen atoms in total. The molecule has 2 aliphatic heterocycles. The Labute approximate surface area is 136 Å². The Morgan fingerprint density at radius 2 is 2.09 bits per heavy atom. The molecule has 1 fully saturated rings. The van der Waals surface area contributed by atoms with E-state index < -0.39 is 0 Å². The molecule has 1 aromatic carbocycles. The first-order chi connectivity index (χ1) is 10.8. The van der Waals surface area contributed by atoms with E-state index in [9.17, 15) is 0 Å². The van der Waals surface area contributed by atoms with Gasteiger partial charge in [0.05, 0.1) is 0 Å². The number of fused-ring (bicyclic) bond motifs is 1. The van der Waals surface area contributed by atoms with E-state index in [1.165, 1.54) is 35.2 Å². The Bertz CT molecular complexity index is 666. The lowest BCUT2D eigenvalue weighted by Gasteiger charge is -2.33. The largest absolute Gasteiger partial charge is 0.367 e. The van der Waals surface area contributed by atoms with Gasteiger partial charge in [-0.05, 0) is 66.8 Å². The van der Waals surface area contributed by atoms with E-state index in [2.05, 4.69) is 39.5 Å². The number of hydrogen-bond donors (Lipinski definition) is 1. The fourth-order valence-corrected chi connectivity index (χ4v) is 3.94. The van der Waals surface area contributed by atoms with Gasteiger partial charge in [-0.2, -0.15) is 0 Å². The van der Waals surface area contributed by atoms with Gasteiger partial charge in [-0.1, -0.05) is 11.6 Å². The molecule has 0 bridgehead atoms. The highest BCUT2D eigenvalue weighted by atomic mass is 35.5. The Morgan fingerprint density at radius 3 is 2.86 bits per heavy atom. The molecular weight excluding hydrogens is 294 g/mol. The van der Waals surface area contributed by atoms with E-state index in [0.717, 1.165) is 31.1 Å². The standard InChI is InChI=1S/C18H20ClN3/c19-14-10-13-5-9-22(15-3-7-20-8-4-15)12-17(13)16(11-14)18-2-1-6-21-18/h3-4,7-8,10-11,18,21H,1-2,5-6,9,12H2/t18-/m0/s1. The van der Waals surface area contributed by atoms with Gasteiger partial charge in [0.15, 0.2) is 0 Å². The van der Waals surface area contributed by atoms with Crippen molar-refractivity contribution in [3.63, 3.8) is 0 Å². The average Bonchev–Trinajstić information content (AvgIpc) is 3.09. The molecule has 1 saturated heterocycles. The number of benzene rings is 1. The maximum absolute atomic E-state index is 6.36. The van der Waals surface area contributed by atoms with E-state index in [1.54, 1.807) is 0 Å². The van der Waals surface area contributed by atoms with Crippen molar-refractivity contribution in [1.29, 1.82) is 0 Å². The lowest BCUT2D eigenvalue weighted by atomic mass is 9.90. The van der Waals surface area contributed by atoms with E-state index in [1.807, 2.05) is 12.4 Å². The molecule has 0 amide bonds. The van der Waals surface area contributed by atoms with Gasteiger partial charge in [-0.15, -0.1) is 0 Å². The first-order valence-corrected chi connectivity index (χ1v) is 8.38. The van der Waals surface area contributed by atoms with E-state index in [4.69, 9.17) is 11.6 Å². The monoisotopic (exact) mass is 313 g/mol. The fraction of sp³-hybridized carbons (Fsp3) is 0.389. The normalized spacial score (nSPS) is 21.0. The first kappa shape index (κ1) is 14.0. The molecule has 2 aliphatic rings. The second kappa shape index (κ2) is 5.90. The van der Waals surface area contributed by atoms with Gasteiger partial charge >= 0.3 is 0 Å². The minimum atomic E-state index is 0.463. The van der Waals surface area contributed by atoms with Crippen LogP contribution in [0.3, 0.4) is 0 Å². The van der Waals surface area contributed by atoms with Crippen LogP contribution in [0.2, 0.25) is 5.02 Å². The third kappa shape index (κ3) is 2.59. The number of halogens is 1. The second-order valence-electron chi connectivity index (χ2n) is 6.16. The van der Waals surface area contributed by atoms with E-state index in [0.29, 0.717) is 6.04 Å². The summed E-state index contributed by atoms with van der Waals surface area (Å²) < 4.78 is 0. The van der Waals surface area contributed by atoms with E-state index in [-0.39, 0.29) is 0 Å². The Hall–Kier alpha value is -1.58. The molecule has 22 heavy (non-hydrogen) atoms. The fourth-order valence-electron chi connectivity index (χ4n) is 3.69. The summed E-state index contributed by atoms with van der Waals surface area (Å²) in [5, 5.41) is 4.49. The van der Waals surface area contributed by atoms with Crippen LogP contribution in [0.15, 0.2) is 36.7 Å². The number of nitrogens with zero attached hydrogens (tertiary/aromatic N) is 2. The Morgan fingerprint density at radius 1 is 1.23 bits per heavy atom. The van der Waals surface area contributed by atoms with Crippen molar-refractivity contribution >= 4 is 17.3 Å². The van der Waals surface area contributed by atoms with Crippen molar-refractivity contribution < 1.29 is 0 Å². The van der Waals surface area contributed by atoms with Gasteiger partial charge < -0.3 is 10.2 Å². The van der Waals surface area contributed by atoms with Gasteiger partial charge in [0.25, 0.3) is 0 Å². The molecule has 2 aromatic rings. The molecule has 0 unspecified atom stereocenters. The number of aromatic nitrogens is 1. The number of hydrogen-bond acceptors (Lipinski definition) is 3. The summed E-state index contributed by atoms with van der Waals surface area (Å²) in [6, 6.07) is 8.96. The van der Waals surface area contributed by atoms with Gasteiger partial charge in [-0.3, -0.25) is 4.98 Å². The molecule has 0 saturated carbocycles. The molecule has 0 radical (unpaired) electrons. The van der Waals surface area contributed by atoms with Crippen LogP contribution in [-0.4, -0.2) is 18.1 Å². The van der Waals surface area contributed by atoms with Gasteiger partial charge in [-0.25, -0.2) is 0 Å². The second-order valence-corrected chi connectivity index (χ2v) is 6.60. The third-order valence-corrected chi connectivity index (χ3v) is 5.02. The van der Waals surface area contributed by atoms with Crippen LogP contribution in [0.25, 0.3) is 0 Å². The topological polar surface area (TPSA) is 28.2 Å². The van der Waals surface area contributed by atoms with Crippen LogP contribution in [0.1, 0.15) is 35.6 Å². The molecule has 4 heteroatoms. The number of nitrogens with one attached hydrogen (secondary N) is 1. The summed E-state index contributed by atoms with van der Waals surface area (Å²) in [6.45, 7) is 3.11. The molecule has 1 aromatic heterocycles. The van der Waals surface area contributed by atoms with Crippen LogP contribution in [0.5, 0.6) is 0 Å². The smallest absolute Gasteiger partial charge is 0.0435 e. The highest BCUT2D eigenvalue weighted by Gasteiger charge is 2.25. The minimum absolute atomic E-state index is 0.463. The molecule has 1 N–H and O–H groups in total. The van der Waals surface area contributed by atoms with Gasteiger partial charge in [0.2, 0.25) is 0 Å². The van der Waals surface area contributed by atoms with Crippen molar-refractivity contribution in [2.24, 2.45) is 0 Å². The van der Waals surface area contributed by atoms with Gasteiger partial charge in [0.1, 0.15) is 0 Å². The predicted octanol–water partition coefficient (Wildman–Crippen LogP) is 3.72. The van der Waals surface area contributed by atoms with Crippen LogP contribution < -0.4 is 10.2 Å². The number of anilines is 1. The molecule has 114 valence electrons. The van der Waals surface area contributed by atoms with Crippen molar-refractivity contribution in [2.45, 2.75) is 31.8 Å². The molecular formula is C18H20ClN3. The summed E-state index contributed by atoms with van der Waals surface area (Å²) >= 11 is 6.36. The maximum Gasteiger partial charge on any atom is 0.0435 e. The lowest BCUT2D eigenvalue weighted by molar-refractivity contribution is 0.625. The third-order valence-electron chi connectivity index (χ3n) is 4.81. The Kier molecular flexibility index (Phi) is 3.77. The van der Waals surface area contributed by atoms with E-state index >= 15 is 0 Å². The zero-order valence-electron chi connectivity index (χ0n) is 12.6. The molecule has 0 spiro atoms. The van der Waals surface area contributed by atoms with Crippen molar-refractivity contribution in [3.05, 3.63) is 58.4 Å². The summed E-state index contributed by atoms with van der Waals surface area (Å²) in [5.74, 6) is 0. The van der Waals surface area contributed by atoms with Crippen molar-refractivity contribution in [2.75, 3.05) is 18.0 Å². The molecule has 0 aliphatic carbocycles. The van der Waals surface area contributed by atoms with Crippen LogP contribution in [0, 0.1) is 0 Å². The number of rotatable bonds is 2. The lowest BCUT2D eigenvalue weighted by Crippen LogP contribution is -2.32. The highest BCUT2D eigenvalue weighted by Crippen LogP contribution is 2.35. The zero-order valence-corrected chi connectivity index (χ0v) is 13.3. The number of pyridine rings is 1. The quantitative estimate of drug-likeness (QED) is 0.916. The highest BCUT2D eigenvalue weighted by molar-refractivity contribution is 6.30.